The first-order chi connectivity index (χ1) is 7.74. The molecule has 1 aromatic rings. The largest absolute Gasteiger partial charge is 0.574 e. The molecule has 1 rings (SSSR count). The fraction of sp³-hybridized carbons (Fsp3) is 0.375. The number of aromatic nitrogens is 1. The van der Waals surface area contributed by atoms with Crippen molar-refractivity contribution < 1.29 is 26.7 Å². The monoisotopic (exact) mass is 276 g/mol. The van der Waals surface area contributed by atoms with Gasteiger partial charge in [-0.25, -0.2) is 13.8 Å². The predicted octanol–water partition coefficient (Wildman–Crippen LogP) is 3.03. The second-order valence-electron chi connectivity index (χ2n) is 2.86. The highest BCUT2D eigenvalue weighted by molar-refractivity contribution is 6.31. The predicted molar refractivity (Wildman–Crippen MR) is 48.8 cm³/mol. The third-order valence-electron chi connectivity index (χ3n) is 1.68. The van der Waals surface area contributed by atoms with Gasteiger partial charge in [-0.3, -0.25) is 0 Å². The van der Waals surface area contributed by atoms with Crippen molar-refractivity contribution in [2.45, 2.75) is 19.3 Å². The Kier molecular flexibility index (Phi) is 4.10. The number of nitrogens with zero attached hydrogens (tertiary/aromatic N) is 1. The first kappa shape index (κ1) is 13.9. The maximum absolute atomic E-state index is 12.4. The van der Waals surface area contributed by atoms with Gasteiger partial charge in [-0.15, -0.1) is 13.2 Å². The van der Waals surface area contributed by atoms with E-state index in [1.54, 1.807) is 0 Å². The summed E-state index contributed by atoms with van der Waals surface area (Å²) in [5.74, 6) is -1.24. The summed E-state index contributed by atoms with van der Waals surface area (Å²) in [6.07, 6.45) is -8.31. The first-order valence-corrected chi connectivity index (χ1v) is 4.55. The average Bonchev–Trinajstić information content (AvgIpc) is 2.17. The van der Waals surface area contributed by atoms with E-state index in [2.05, 4.69) is 9.72 Å². The molecule has 9 heteroatoms. The van der Waals surface area contributed by atoms with E-state index in [1.165, 1.54) is 0 Å². The Balaban J connectivity index is 3.24. The smallest absolute Gasteiger partial charge is 0.387 e. The van der Waals surface area contributed by atoms with Crippen molar-refractivity contribution in [1.82, 2.24) is 4.98 Å². The zero-order valence-corrected chi connectivity index (χ0v) is 8.82. The summed E-state index contributed by atoms with van der Waals surface area (Å²) in [6.45, 7) is -0.295. The molecule has 0 radical (unpaired) electrons. The highest BCUT2D eigenvalue weighted by Crippen LogP contribution is 2.34. The van der Waals surface area contributed by atoms with Gasteiger partial charge in [-0.2, -0.15) is 0 Å². The summed E-state index contributed by atoms with van der Waals surface area (Å²) in [5.41, 5.74) is 3.94. The fourth-order valence-electron chi connectivity index (χ4n) is 1.01. The van der Waals surface area contributed by atoms with Crippen molar-refractivity contribution in [3.63, 3.8) is 0 Å². The van der Waals surface area contributed by atoms with Gasteiger partial charge in [0, 0.05) is 6.54 Å². The quantitative estimate of drug-likeness (QED) is 0.863. The Morgan fingerprint density at radius 1 is 1.41 bits per heavy atom. The topological polar surface area (TPSA) is 48.1 Å². The molecule has 0 aliphatic rings. The molecule has 0 amide bonds. The van der Waals surface area contributed by atoms with Crippen molar-refractivity contribution in [2.75, 3.05) is 0 Å². The number of hydrogen-bond donors (Lipinski definition) is 1. The normalized spacial score (nSPS) is 12.0. The molecule has 0 unspecified atom stereocenters. The van der Waals surface area contributed by atoms with Crippen LogP contribution in [0.15, 0.2) is 6.07 Å². The van der Waals surface area contributed by atoms with Gasteiger partial charge in [0.1, 0.15) is 0 Å². The summed E-state index contributed by atoms with van der Waals surface area (Å²) in [6, 6.07) is 0.655. The maximum atomic E-state index is 12.4. The molecular formula is C8H6ClF5N2O. The van der Waals surface area contributed by atoms with Gasteiger partial charge in [-0.1, -0.05) is 11.6 Å². The number of ether oxygens (including phenoxy) is 1. The molecule has 1 heterocycles. The van der Waals surface area contributed by atoms with Crippen LogP contribution in [0.5, 0.6) is 5.88 Å². The zero-order chi connectivity index (χ0) is 13.2. The third kappa shape index (κ3) is 3.67. The van der Waals surface area contributed by atoms with Crippen molar-refractivity contribution in [2.24, 2.45) is 5.73 Å². The van der Waals surface area contributed by atoms with Gasteiger partial charge in [0.05, 0.1) is 16.3 Å². The molecule has 17 heavy (non-hydrogen) atoms. The molecule has 0 aliphatic heterocycles. The standard InChI is InChI=1S/C8H6ClF5N2O/c9-4-1-3(6(10)11)7(16-5(4)2-15)17-8(12,13)14/h1,6H,2,15H2. The Hall–Kier alpha value is -1.15. The molecule has 2 N–H and O–H groups in total. The molecule has 0 aliphatic carbocycles. The lowest BCUT2D eigenvalue weighted by molar-refractivity contribution is -0.276. The SMILES string of the molecule is NCc1nc(OC(F)(F)F)c(C(F)F)cc1Cl. The third-order valence-corrected chi connectivity index (χ3v) is 2.01. The van der Waals surface area contributed by atoms with Crippen molar-refractivity contribution >= 4 is 11.6 Å². The van der Waals surface area contributed by atoms with Crippen molar-refractivity contribution in [3.05, 3.63) is 22.3 Å². The van der Waals surface area contributed by atoms with Crippen molar-refractivity contribution in [3.8, 4) is 5.88 Å². The average molecular weight is 277 g/mol. The molecule has 0 fully saturated rings. The number of pyridine rings is 1. The Labute approximate surface area is 97.3 Å². The lowest BCUT2D eigenvalue weighted by Crippen LogP contribution is -2.20. The Bertz CT molecular complexity index is 410. The number of nitrogens with two attached hydrogens (primary N) is 1. The maximum Gasteiger partial charge on any atom is 0.574 e. The Morgan fingerprint density at radius 3 is 2.41 bits per heavy atom. The lowest BCUT2D eigenvalue weighted by atomic mass is 10.2. The van der Waals surface area contributed by atoms with Gasteiger partial charge in [0.25, 0.3) is 6.43 Å². The minimum atomic E-state index is -5.11. The Morgan fingerprint density at radius 2 is 2.00 bits per heavy atom. The molecule has 0 atom stereocenters. The second-order valence-corrected chi connectivity index (χ2v) is 3.27. The molecular weight excluding hydrogens is 271 g/mol. The minimum Gasteiger partial charge on any atom is -0.387 e. The summed E-state index contributed by atoms with van der Waals surface area (Å²) in [7, 11) is 0. The molecule has 0 saturated carbocycles. The van der Waals surface area contributed by atoms with Crippen LogP contribution >= 0.6 is 11.6 Å². The van der Waals surface area contributed by atoms with Gasteiger partial charge >= 0.3 is 6.36 Å². The van der Waals surface area contributed by atoms with Crippen LogP contribution in [0.2, 0.25) is 5.02 Å². The summed E-state index contributed by atoms with van der Waals surface area (Å²) < 4.78 is 64.1. The molecule has 0 aromatic carbocycles. The lowest BCUT2D eigenvalue weighted by Gasteiger charge is -2.13. The van der Waals surface area contributed by atoms with Gasteiger partial charge in [0.15, 0.2) is 0 Å². The molecule has 96 valence electrons. The molecule has 0 bridgehead atoms. The van der Waals surface area contributed by atoms with Crippen LogP contribution in [0.4, 0.5) is 22.0 Å². The van der Waals surface area contributed by atoms with Crippen LogP contribution in [0.25, 0.3) is 0 Å². The number of alkyl halides is 5. The van der Waals surface area contributed by atoms with Crippen LogP contribution < -0.4 is 10.5 Å². The molecule has 3 nitrogen and oxygen atoms in total. The van der Waals surface area contributed by atoms with E-state index in [-0.39, 0.29) is 17.3 Å². The van der Waals surface area contributed by atoms with Crippen LogP contribution in [0.1, 0.15) is 17.7 Å². The minimum absolute atomic E-state index is 0.157. The van der Waals surface area contributed by atoms with E-state index in [0.717, 1.165) is 0 Å². The first-order valence-electron chi connectivity index (χ1n) is 4.18. The van der Waals surface area contributed by atoms with Crippen molar-refractivity contribution in [1.29, 1.82) is 0 Å². The summed E-state index contributed by atoms with van der Waals surface area (Å²) in [5, 5.41) is -0.239. The van der Waals surface area contributed by atoms with Gasteiger partial charge in [-0.05, 0) is 6.07 Å². The number of halogens is 6. The van der Waals surface area contributed by atoms with Gasteiger partial charge < -0.3 is 10.5 Å². The van der Waals surface area contributed by atoms with Crippen LogP contribution in [0, 0.1) is 0 Å². The highest BCUT2D eigenvalue weighted by Gasteiger charge is 2.34. The molecule has 1 aromatic heterocycles. The number of rotatable bonds is 3. The van der Waals surface area contributed by atoms with E-state index in [4.69, 9.17) is 17.3 Å². The van der Waals surface area contributed by atoms with Crippen LogP contribution in [0.3, 0.4) is 0 Å². The fourth-order valence-corrected chi connectivity index (χ4v) is 1.25. The molecule has 0 spiro atoms. The van der Waals surface area contributed by atoms with E-state index in [0.29, 0.717) is 6.07 Å². The van der Waals surface area contributed by atoms with E-state index in [9.17, 15) is 22.0 Å². The van der Waals surface area contributed by atoms with E-state index in [1.807, 2.05) is 0 Å². The van der Waals surface area contributed by atoms with E-state index < -0.39 is 24.2 Å². The summed E-state index contributed by atoms with van der Waals surface area (Å²) in [4.78, 5) is 3.22. The molecule has 0 saturated heterocycles. The van der Waals surface area contributed by atoms with Crippen LogP contribution in [-0.4, -0.2) is 11.3 Å². The van der Waals surface area contributed by atoms with Gasteiger partial charge in [0.2, 0.25) is 5.88 Å². The van der Waals surface area contributed by atoms with E-state index >= 15 is 0 Å². The number of hydrogen-bond acceptors (Lipinski definition) is 3. The summed E-state index contributed by atoms with van der Waals surface area (Å²) >= 11 is 5.50. The zero-order valence-electron chi connectivity index (χ0n) is 8.06. The second kappa shape index (κ2) is 5.01. The highest BCUT2D eigenvalue weighted by atomic mass is 35.5. The van der Waals surface area contributed by atoms with Crippen LogP contribution in [-0.2, 0) is 6.54 Å².